The molecule has 0 bridgehead atoms. The molecule has 3 atom stereocenters. The van der Waals surface area contributed by atoms with Crippen molar-refractivity contribution in [1.29, 1.82) is 0 Å². The van der Waals surface area contributed by atoms with Crippen LogP contribution in [0.4, 0.5) is 8.78 Å². The molecule has 7 heteroatoms. The van der Waals surface area contributed by atoms with Gasteiger partial charge in [-0.25, -0.2) is 13.5 Å². The summed E-state index contributed by atoms with van der Waals surface area (Å²) in [6.07, 6.45) is 1.71. The van der Waals surface area contributed by atoms with Crippen LogP contribution in [0.15, 0.2) is 48.5 Å². The number of nitrogens with zero attached hydrogens (tertiary/aromatic N) is 2. The first kappa shape index (κ1) is 18.0. The number of halogens is 2. The van der Waals surface area contributed by atoms with Crippen molar-refractivity contribution >= 4 is 5.91 Å². The number of nitrogens with one attached hydrogen (secondary N) is 1. The fourth-order valence-corrected chi connectivity index (χ4v) is 4.28. The SMILES string of the molecule is O=C(N[C@@H](CO)c1ccccc1)c1nn(-c2ccc(F)cc2F)c2c1C[C@@H]1C[C@H]21. The van der Waals surface area contributed by atoms with Crippen molar-refractivity contribution in [1.82, 2.24) is 15.1 Å². The van der Waals surface area contributed by atoms with Gasteiger partial charge in [0.05, 0.1) is 18.3 Å². The van der Waals surface area contributed by atoms with Crippen LogP contribution in [0.5, 0.6) is 0 Å². The summed E-state index contributed by atoms with van der Waals surface area (Å²) in [6, 6.07) is 12.0. The fourth-order valence-electron chi connectivity index (χ4n) is 4.28. The lowest BCUT2D eigenvalue weighted by Crippen LogP contribution is -2.31. The maximum atomic E-state index is 14.4. The Kier molecular flexibility index (Phi) is 4.20. The van der Waals surface area contributed by atoms with Gasteiger partial charge in [-0.05, 0) is 36.5 Å². The first-order valence-electron chi connectivity index (χ1n) is 9.60. The monoisotopic (exact) mass is 395 g/mol. The van der Waals surface area contributed by atoms with Crippen LogP contribution in [-0.2, 0) is 6.42 Å². The Hall–Kier alpha value is -3.06. The van der Waals surface area contributed by atoms with Gasteiger partial charge in [0.25, 0.3) is 5.91 Å². The number of benzene rings is 2. The van der Waals surface area contributed by atoms with Crippen LogP contribution in [0.1, 0.15) is 45.7 Å². The highest BCUT2D eigenvalue weighted by molar-refractivity contribution is 5.94. The van der Waals surface area contributed by atoms with Crippen LogP contribution >= 0.6 is 0 Å². The molecule has 0 unspecified atom stereocenters. The average Bonchev–Trinajstić information content (AvgIpc) is 3.23. The van der Waals surface area contributed by atoms with Crippen molar-refractivity contribution in [2.24, 2.45) is 5.92 Å². The molecule has 29 heavy (non-hydrogen) atoms. The van der Waals surface area contributed by atoms with E-state index in [1.54, 1.807) is 0 Å². The van der Waals surface area contributed by atoms with Crippen LogP contribution in [0.2, 0.25) is 0 Å². The summed E-state index contributed by atoms with van der Waals surface area (Å²) in [5.41, 5.74) is 2.82. The Morgan fingerprint density at radius 3 is 2.76 bits per heavy atom. The molecule has 1 amide bonds. The van der Waals surface area contributed by atoms with Crippen LogP contribution in [0, 0.1) is 17.6 Å². The summed E-state index contributed by atoms with van der Waals surface area (Å²) in [7, 11) is 0. The second-order valence-electron chi connectivity index (χ2n) is 7.65. The molecule has 5 rings (SSSR count). The molecule has 0 aliphatic heterocycles. The van der Waals surface area contributed by atoms with Gasteiger partial charge in [-0.2, -0.15) is 5.10 Å². The molecule has 0 spiro atoms. The number of rotatable bonds is 5. The van der Waals surface area contributed by atoms with Gasteiger partial charge in [-0.3, -0.25) is 4.79 Å². The van der Waals surface area contributed by atoms with E-state index in [9.17, 15) is 18.7 Å². The second kappa shape index (κ2) is 6.77. The zero-order chi connectivity index (χ0) is 20.1. The maximum Gasteiger partial charge on any atom is 0.272 e. The summed E-state index contributed by atoms with van der Waals surface area (Å²) < 4.78 is 29.2. The molecule has 1 fully saturated rings. The topological polar surface area (TPSA) is 67.2 Å². The zero-order valence-electron chi connectivity index (χ0n) is 15.5. The molecule has 2 aliphatic rings. The van der Waals surface area contributed by atoms with E-state index >= 15 is 0 Å². The Balaban J connectivity index is 1.51. The van der Waals surface area contributed by atoms with Crippen LogP contribution in [-0.4, -0.2) is 27.4 Å². The lowest BCUT2D eigenvalue weighted by Gasteiger charge is -2.16. The van der Waals surface area contributed by atoms with Gasteiger partial charge < -0.3 is 10.4 Å². The highest BCUT2D eigenvalue weighted by Crippen LogP contribution is 2.57. The maximum absolute atomic E-state index is 14.4. The molecule has 1 saturated carbocycles. The van der Waals surface area contributed by atoms with Crippen molar-refractivity contribution in [2.45, 2.75) is 24.8 Å². The molecular weight excluding hydrogens is 376 g/mol. The smallest absolute Gasteiger partial charge is 0.272 e. The zero-order valence-corrected chi connectivity index (χ0v) is 15.5. The first-order chi connectivity index (χ1) is 14.1. The van der Waals surface area contributed by atoms with E-state index in [4.69, 9.17) is 0 Å². The number of amides is 1. The van der Waals surface area contributed by atoms with Crippen molar-refractivity contribution in [2.75, 3.05) is 6.61 Å². The van der Waals surface area contributed by atoms with E-state index in [0.717, 1.165) is 35.7 Å². The number of hydrogen-bond acceptors (Lipinski definition) is 3. The minimum Gasteiger partial charge on any atom is -0.394 e. The average molecular weight is 395 g/mol. The van der Waals surface area contributed by atoms with Gasteiger partial charge in [0, 0.05) is 17.5 Å². The third kappa shape index (κ3) is 3.02. The van der Waals surface area contributed by atoms with Crippen LogP contribution < -0.4 is 5.32 Å². The quantitative estimate of drug-likeness (QED) is 0.697. The van der Waals surface area contributed by atoms with Crippen molar-refractivity contribution in [3.05, 3.63) is 82.7 Å². The van der Waals surface area contributed by atoms with Crippen LogP contribution in [0.3, 0.4) is 0 Å². The predicted octanol–water partition coefficient (Wildman–Crippen LogP) is 3.27. The number of fused-ring (bicyclic) bond motifs is 3. The number of aliphatic hydroxyl groups is 1. The number of aromatic nitrogens is 2. The van der Waals surface area contributed by atoms with Gasteiger partial charge >= 0.3 is 0 Å². The Labute approximate surface area is 166 Å². The highest BCUT2D eigenvalue weighted by atomic mass is 19.1. The number of carbonyl (C=O) groups is 1. The lowest BCUT2D eigenvalue weighted by molar-refractivity contribution is 0.0909. The molecule has 3 aromatic rings. The summed E-state index contributed by atoms with van der Waals surface area (Å²) >= 11 is 0. The molecule has 2 aromatic carbocycles. The highest BCUT2D eigenvalue weighted by Gasteiger charge is 2.50. The Morgan fingerprint density at radius 1 is 1.24 bits per heavy atom. The van der Waals surface area contributed by atoms with Gasteiger partial charge in [0.15, 0.2) is 11.5 Å². The van der Waals surface area contributed by atoms with E-state index < -0.39 is 23.6 Å². The lowest BCUT2D eigenvalue weighted by atomic mass is 10.1. The standard InChI is InChI=1S/C22H19F2N3O2/c23-14-6-7-19(17(24)10-14)27-21-15-8-13(15)9-16(21)20(26-27)22(29)25-18(11-28)12-4-2-1-3-5-12/h1-7,10,13,15,18,28H,8-9,11H2,(H,25,29)/t13-,15-,18-/m0/s1. The predicted molar refractivity (Wildman–Crippen MR) is 102 cm³/mol. The Bertz CT molecular complexity index is 1100. The van der Waals surface area contributed by atoms with Gasteiger partial charge in [0.1, 0.15) is 11.5 Å². The van der Waals surface area contributed by atoms with Gasteiger partial charge in [-0.15, -0.1) is 0 Å². The molecule has 5 nitrogen and oxygen atoms in total. The number of aliphatic hydroxyl groups excluding tert-OH is 1. The van der Waals surface area contributed by atoms with E-state index in [0.29, 0.717) is 5.92 Å². The molecule has 1 heterocycles. The summed E-state index contributed by atoms with van der Waals surface area (Å²) in [5, 5.41) is 17.0. The van der Waals surface area contributed by atoms with E-state index in [1.807, 2.05) is 30.3 Å². The van der Waals surface area contributed by atoms with Crippen LogP contribution in [0.25, 0.3) is 5.69 Å². The molecule has 148 valence electrons. The molecule has 1 aromatic heterocycles. The minimum absolute atomic E-state index is 0.135. The van der Waals surface area contributed by atoms with Crippen molar-refractivity contribution < 1.29 is 18.7 Å². The molecular formula is C22H19F2N3O2. The van der Waals surface area contributed by atoms with E-state index in [2.05, 4.69) is 10.4 Å². The summed E-state index contributed by atoms with van der Waals surface area (Å²) in [4.78, 5) is 13.0. The minimum atomic E-state index is -0.719. The molecule has 0 saturated heterocycles. The van der Waals surface area contributed by atoms with Crippen molar-refractivity contribution in [3.63, 3.8) is 0 Å². The summed E-state index contributed by atoms with van der Waals surface area (Å²) in [5.74, 6) is -1.08. The van der Waals surface area contributed by atoms with Gasteiger partial charge in [0.2, 0.25) is 0 Å². The largest absolute Gasteiger partial charge is 0.394 e. The normalized spacial score (nSPS) is 20.1. The van der Waals surface area contributed by atoms with E-state index in [1.165, 1.54) is 16.8 Å². The second-order valence-corrected chi connectivity index (χ2v) is 7.65. The van der Waals surface area contributed by atoms with E-state index in [-0.39, 0.29) is 23.9 Å². The van der Waals surface area contributed by atoms with Gasteiger partial charge in [-0.1, -0.05) is 30.3 Å². The molecule has 0 radical (unpaired) electrons. The van der Waals surface area contributed by atoms with Crippen molar-refractivity contribution in [3.8, 4) is 5.69 Å². The first-order valence-corrected chi connectivity index (χ1v) is 9.60. The number of hydrogen-bond donors (Lipinski definition) is 2. The molecule has 2 N–H and O–H groups in total. The number of carbonyl (C=O) groups excluding carboxylic acids is 1. The molecule has 2 aliphatic carbocycles. The third-order valence-corrected chi connectivity index (χ3v) is 5.81. The Morgan fingerprint density at radius 2 is 2.03 bits per heavy atom. The third-order valence-electron chi connectivity index (χ3n) is 5.81. The fraction of sp³-hybridized carbons (Fsp3) is 0.273. The summed E-state index contributed by atoms with van der Waals surface area (Å²) in [6.45, 7) is -0.253.